The van der Waals surface area contributed by atoms with Crippen molar-refractivity contribution < 1.29 is 10.2 Å². The van der Waals surface area contributed by atoms with Gasteiger partial charge in [0, 0.05) is 11.6 Å². The number of aromatic nitrogens is 3. The molecule has 21 heavy (non-hydrogen) atoms. The van der Waals surface area contributed by atoms with Gasteiger partial charge in [0.1, 0.15) is 23.2 Å². The van der Waals surface area contributed by atoms with Crippen LogP contribution in [0.1, 0.15) is 26.3 Å². The van der Waals surface area contributed by atoms with Gasteiger partial charge >= 0.3 is 0 Å². The first kappa shape index (κ1) is 14.5. The molecule has 3 rings (SSSR count). The Balaban J connectivity index is 2.12. The van der Waals surface area contributed by atoms with Gasteiger partial charge in [0.05, 0.1) is 17.0 Å². The molecule has 112 valence electrons. The Bertz CT molecular complexity index is 712. The average molecular weight is 308 g/mol. The highest BCUT2D eigenvalue weighted by Crippen LogP contribution is 2.52. The molecular weight excluding hydrogens is 290 g/mol. The highest BCUT2D eigenvalue weighted by Gasteiger charge is 2.57. The van der Waals surface area contributed by atoms with E-state index in [1.54, 1.807) is 13.0 Å². The molecule has 0 radical (unpaired) electrons. The van der Waals surface area contributed by atoms with E-state index in [0.717, 1.165) is 5.39 Å². The van der Waals surface area contributed by atoms with Crippen LogP contribution in [-0.4, -0.2) is 36.5 Å². The number of nitrogens with zero attached hydrogens (tertiary/aromatic N) is 3. The lowest BCUT2D eigenvalue weighted by atomic mass is 9.77. The Hall–Kier alpha value is -1.43. The van der Waals surface area contributed by atoms with E-state index in [9.17, 15) is 10.2 Å². The molecule has 6 heteroatoms. The van der Waals surface area contributed by atoms with Crippen LogP contribution in [-0.2, 0) is 0 Å². The summed E-state index contributed by atoms with van der Waals surface area (Å²) in [6.07, 6.45) is 4.57. The number of aliphatic hydroxyl groups excluding tert-OH is 1. The summed E-state index contributed by atoms with van der Waals surface area (Å²) in [5, 5.41) is 22.4. The molecule has 2 N–H and O–H groups in total. The number of hydrogen-bond donors (Lipinski definition) is 2. The SMILES string of the molecule is C=C[C@@]1(C)C[C@@H](n2ccc3c(Cl)ncnc32)[C@H](O)C1(C)O. The molecule has 1 fully saturated rings. The summed E-state index contributed by atoms with van der Waals surface area (Å²) in [5.74, 6) is 0. The summed E-state index contributed by atoms with van der Waals surface area (Å²) in [6, 6.07) is 1.52. The molecule has 4 atom stereocenters. The summed E-state index contributed by atoms with van der Waals surface area (Å²) in [4.78, 5) is 8.20. The van der Waals surface area contributed by atoms with Gasteiger partial charge in [-0.2, -0.15) is 0 Å². The van der Waals surface area contributed by atoms with Crippen LogP contribution in [0.4, 0.5) is 0 Å². The first-order valence-corrected chi connectivity index (χ1v) is 7.21. The van der Waals surface area contributed by atoms with Gasteiger partial charge in [-0.15, -0.1) is 6.58 Å². The zero-order valence-corrected chi connectivity index (χ0v) is 12.7. The Morgan fingerprint density at radius 3 is 2.81 bits per heavy atom. The molecule has 1 aliphatic carbocycles. The van der Waals surface area contributed by atoms with Gasteiger partial charge in [-0.1, -0.05) is 24.6 Å². The maximum Gasteiger partial charge on any atom is 0.145 e. The fourth-order valence-corrected chi connectivity index (χ4v) is 3.40. The number of fused-ring (bicyclic) bond motifs is 1. The van der Waals surface area contributed by atoms with Crippen molar-refractivity contribution in [2.75, 3.05) is 0 Å². The maximum absolute atomic E-state index is 10.7. The lowest BCUT2D eigenvalue weighted by Crippen LogP contribution is -2.46. The Morgan fingerprint density at radius 2 is 2.19 bits per heavy atom. The van der Waals surface area contributed by atoms with E-state index >= 15 is 0 Å². The molecule has 0 aromatic carbocycles. The second-order valence-electron chi connectivity index (χ2n) is 6.11. The van der Waals surface area contributed by atoms with E-state index in [2.05, 4.69) is 16.5 Å². The molecule has 2 heterocycles. The largest absolute Gasteiger partial charge is 0.388 e. The molecule has 1 aliphatic rings. The zero-order valence-electron chi connectivity index (χ0n) is 12.0. The van der Waals surface area contributed by atoms with Crippen LogP contribution in [0, 0.1) is 5.41 Å². The molecule has 0 aliphatic heterocycles. The minimum Gasteiger partial charge on any atom is -0.388 e. The van der Waals surface area contributed by atoms with Crippen LogP contribution < -0.4 is 0 Å². The highest BCUT2D eigenvalue weighted by molar-refractivity contribution is 6.33. The van der Waals surface area contributed by atoms with Crippen LogP contribution in [0.5, 0.6) is 0 Å². The monoisotopic (exact) mass is 307 g/mol. The standard InChI is InChI=1S/C15H18ClN3O2/c1-4-14(2)7-10(11(20)15(14,3)21)19-6-5-9-12(16)17-8-18-13(9)19/h4-6,8,10-11,20-21H,1,7H2,2-3H3/t10-,11+,14+,15?/m1/s1. The molecule has 0 bridgehead atoms. The number of aliphatic hydroxyl groups is 2. The first-order valence-electron chi connectivity index (χ1n) is 6.83. The van der Waals surface area contributed by atoms with E-state index in [1.165, 1.54) is 6.33 Å². The summed E-state index contributed by atoms with van der Waals surface area (Å²) in [7, 11) is 0. The maximum atomic E-state index is 10.7. The fraction of sp³-hybridized carbons (Fsp3) is 0.467. The molecule has 0 amide bonds. The average Bonchev–Trinajstić information content (AvgIpc) is 2.94. The van der Waals surface area contributed by atoms with Crippen LogP contribution in [0.2, 0.25) is 5.15 Å². The zero-order chi connectivity index (χ0) is 15.4. The Labute approximate surface area is 127 Å². The minimum absolute atomic E-state index is 0.300. The van der Waals surface area contributed by atoms with E-state index in [4.69, 9.17) is 11.6 Å². The number of rotatable bonds is 2. The second-order valence-corrected chi connectivity index (χ2v) is 6.47. The van der Waals surface area contributed by atoms with Crippen molar-refractivity contribution in [3.63, 3.8) is 0 Å². The molecule has 2 aromatic heterocycles. The predicted octanol–water partition coefficient (Wildman–Crippen LogP) is 2.33. The van der Waals surface area contributed by atoms with E-state index in [1.807, 2.05) is 23.8 Å². The third kappa shape index (κ3) is 1.84. The van der Waals surface area contributed by atoms with Crippen LogP contribution in [0.15, 0.2) is 31.2 Å². The van der Waals surface area contributed by atoms with E-state index < -0.39 is 17.1 Å². The van der Waals surface area contributed by atoms with Gasteiger partial charge < -0.3 is 14.8 Å². The molecule has 1 saturated carbocycles. The van der Waals surface area contributed by atoms with E-state index in [-0.39, 0.29) is 6.04 Å². The Kier molecular flexibility index (Phi) is 3.13. The van der Waals surface area contributed by atoms with Gasteiger partial charge in [-0.05, 0) is 19.4 Å². The summed E-state index contributed by atoms with van der Waals surface area (Å²) in [5.41, 5.74) is -1.18. The minimum atomic E-state index is -1.26. The van der Waals surface area contributed by atoms with Crippen molar-refractivity contribution in [1.82, 2.24) is 14.5 Å². The van der Waals surface area contributed by atoms with Crippen molar-refractivity contribution in [3.8, 4) is 0 Å². The van der Waals surface area contributed by atoms with Crippen LogP contribution in [0.25, 0.3) is 11.0 Å². The van der Waals surface area contributed by atoms with Crippen molar-refractivity contribution in [3.05, 3.63) is 36.4 Å². The van der Waals surface area contributed by atoms with Crippen molar-refractivity contribution in [2.45, 2.75) is 38.0 Å². The quantitative estimate of drug-likeness (QED) is 0.660. The lowest BCUT2D eigenvalue weighted by molar-refractivity contribution is -0.0923. The number of halogens is 1. The summed E-state index contributed by atoms with van der Waals surface area (Å²) >= 11 is 6.06. The van der Waals surface area contributed by atoms with Gasteiger partial charge in [0.2, 0.25) is 0 Å². The fourth-order valence-electron chi connectivity index (χ4n) is 3.21. The van der Waals surface area contributed by atoms with Crippen LogP contribution in [0.3, 0.4) is 0 Å². The van der Waals surface area contributed by atoms with Crippen molar-refractivity contribution in [1.29, 1.82) is 0 Å². The molecule has 0 spiro atoms. The van der Waals surface area contributed by atoms with Crippen LogP contribution >= 0.6 is 11.6 Å². The molecule has 0 saturated heterocycles. The summed E-state index contributed by atoms with van der Waals surface area (Å²) < 4.78 is 1.86. The van der Waals surface area contributed by atoms with Crippen molar-refractivity contribution in [2.24, 2.45) is 5.41 Å². The summed E-state index contributed by atoms with van der Waals surface area (Å²) in [6.45, 7) is 7.36. The molecule has 1 unspecified atom stereocenters. The second kappa shape index (κ2) is 4.53. The predicted molar refractivity (Wildman–Crippen MR) is 81.1 cm³/mol. The molecule has 2 aromatic rings. The molecule has 5 nitrogen and oxygen atoms in total. The topological polar surface area (TPSA) is 71.2 Å². The Morgan fingerprint density at radius 1 is 1.48 bits per heavy atom. The van der Waals surface area contributed by atoms with Crippen molar-refractivity contribution >= 4 is 22.6 Å². The van der Waals surface area contributed by atoms with Gasteiger partial charge in [0.15, 0.2) is 0 Å². The van der Waals surface area contributed by atoms with Gasteiger partial charge in [-0.25, -0.2) is 9.97 Å². The first-order chi connectivity index (χ1) is 9.82. The van der Waals surface area contributed by atoms with Gasteiger partial charge in [0.25, 0.3) is 0 Å². The highest BCUT2D eigenvalue weighted by atomic mass is 35.5. The normalized spacial score (nSPS) is 36.2. The number of hydrogen-bond acceptors (Lipinski definition) is 4. The van der Waals surface area contributed by atoms with Gasteiger partial charge in [-0.3, -0.25) is 0 Å². The third-order valence-electron chi connectivity index (χ3n) is 5.00. The van der Waals surface area contributed by atoms with E-state index in [0.29, 0.717) is 17.2 Å². The lowest BCUT2D eigenvalue weighted by Gasteiger charge is -2.35. The third-order valence-corrected chi connectivity index (χ3v) is 5.30. The molecular formula is C15H18ClN3O2. The smallest absolute Gasteiger partial charge is 0.145 e.